The van der Waals surface area contributed by atoms with Crippen LogP contribution in [0.15, 0.2) is 52.3 Å². The van der Waals surface area contributed by atoms with Crippen molar-refractivity contribution in [2.24, 2.45) is 5.84 Å². The summed E-state index contributed by atoms with van der Waals surface area (Å²) < 4.78 is 15.0. The molecule has 0 aliphatic carbocycles. The normalized spacial score (nSPS) is 12.7. The molecule has 0 amide bonds. The van der Waals surface area contributed by atoms with Crippen molar-refractivity contribution in [2.75, 3.05) is 0 Å². The Morgan fingerprint density at radius 3 is 2.62 bits per heavy atom. The molecule has 3 rings (SSSR count). The third-order valence-electron chi connectivity index (χ3n) is 3.51. The zero-order valence-corrected chi connectivity index (χ0v) is 13.5. The minimum atomic E-state index is -0.205. The Morgan fingerprint density at radius 2 is 1.95 bits per heavy atom. The second-order valence-electron chi connectivity index (χ2n) is 4.84. The van der Waals surface area contributed by atoms with Gasteiger partial charge in [-0.25, -0.2) is 4.39 Å². The first kappa shape index (κ1) is 14.7. The number of rotatable bonds is 4. The number of nitrogens with one attached hydrogen (secondary N) is 1. The van der Waals surface area contributed by atoms with Crippen LogP contribution in [0.3, 0.4) is 0 Å². The highest BCUT2D eigenvalue weighted by Gasteiger charge is 2.16. The molecule has 1 atom stereocenters. The lowest BCUT2D eigenvalue weighted by atomic mass is 9.96. The van der Waals surface area contributed by atoms with Gasteiger partial charge in [0.05, 0.1) is 6.04 Å². The quantitative estimate of drug-likeness (QED) is 0.526. The van der Waals surface area contributed by atoms with E-state index >= 15 is 0 Å². The highest BCUT2D eigenvalue weighted by atomic mass is 79.9. The summed E-state index contributed by atoms with van der Waals surface area (Å²) in [6.07, 6.45) is 0.766. The second-order valence-corrected chi connectivity index (χ2v) is 6.75. The Labute approximate surface area is 134 Å². The van der Waals surface area contributed by atoms with Crippen LogP contribution in [-0.4, -0.2) is 0 Å². The van der Waals surface area contributed by atoms with Gasteiger partial charge >= 0.3 is 0 Å². The third-order valence-corrected chi connectivity index (χ3v) is 5.23. The summed E-state index contributed by atoms with van der Waals surface area (Å²) >= 11 is 5.14. The number of hydrogen-bond acceptors (Lipinski definition) is 3. The number of hydrazine groups is 1. The number of fused-ring (bicyclic) bond motifs is 1. The molecule has 1 aromatic heterocycles. The van der Waals surface area contributed by atoms with Crippen LogP contribution >= 0.6 is 27.3 Å². The van der Waals surface area contributed by atoms with Crippen LogP contribution in [0.1, 0.15) is 16.5 Å². The highest BCUT2D eigenvalue weighted by molar-refractivity contribution is 9.10. The zero-order valence-electron chi connectivity index (χ0n) is 11.1. The van der Waals surface area contributed by atoms with Gasteiger partial charge in [0.25, 0.3) is 0 Å². The molecule has 0 radical (unpaired) electrons. The topological polar surface area (TPSA) is 38.0 Å². The number of hydrogen-bond donors (Lipinski definition) is 2. The smallest absolute Gasteiger partial charge is 0.131 e. The fourth-order valence-electron chi connectivity index (χ4n) is 2.51. The fourth-order valence-corrected chi connectivity index (χ4v) is 4.01. The summed E-state index contributed by atoms with van der Waals surface area (Å²) in [5, 5.41) is 3.57. The van der Waals surface area contributed by atoms with Crippen LogP contribution in [0.4, 0.5) is 4.39 Å². The van der Waals surface area contributed by atoms with Crippen molar-refractivity contribution in [1.29, 1.82) is 0 Å². The largest absolute Gasteiger partial charge is 0.271 e. The average molecular weight is 365 g/mol. The van der Waals surface area contributed by atoms with E-state index in [1.165, 1.54) is 10.9 Å². The molecular weight excluding hydrogens is 351 g/mol. The summed E-state index contributed by atoms with van der Waals surface area (Å²) in [4.78, 5) is 1.22. The molecule has 0 fully saturated rings. The molecule has 0 aliphatic rings. The van der Waals surface area contributed by atoms with Gasteiger partial charge in [-0.1, -0.05) is 30.3 Å². The number of halogens is 2. The minimum absolute atomic E-state index is 0.0546. The van der Waals surface area contributed by atoms with Gasteiger partial charge in [0, 0.05) is 26.5 Å². The molecule has 1 heterocycles. The van der Waals surface area contributed by atoms with Gasteiger partial charge in [-0.2, -0.15) is 0 Å². The summed E-state index contributed by atoms with van der Waals surface area (Å²) in [7, 11) is 0. The van der Waals surface area contributed by atoms with Crippen molar-refractivity contribution in [1.82, 2.24) is 5.43 Å². The first-order valence-electron chi connectivity index (χ1n) is 6.55. The lowest BCUT2D eigenvalue weighted by Gasteiger charge is -2.18. The van der Waals surface area contributed by atoms with E-state index in [9.17, 15) is 4.39 Å². The van der Waals surface area contributed by atoms with E-state index in [0.717, 1.165) is 21.8 Å². The molecule has 0 bridgehead atoms. The molecule has 2 nitrogen and oxygen atoms in total. The zero-order chi connectivity index (χ0) is 14.8. The van der Waals surface area contributed by atoms with Crippen LogP contribution in [0, 0.1) is 5.82 Å². The summed E-state index contributed by atoms with van der Waals surface area (Å²) in [5.74, 6) is 5.53. The van der Waals surface area contributed by atoms with Crippen molar-refractivity contribution >= 4 is 38.0 Å². The Hall–Kier alpha value is -1.27. The number of thiophene rings is 1. The van der Waals surface area contributed by atoms with Crippen LogP contribution in [0.25, 0.3) is 10.8 Å². The molecule has 21 heavy (non-hydrogen) atoms. The van der Waals surface area contributed by atoms with Gasteiger partial charge in [0.1, 0.15) is 5.82 Å². The summed E-state index contributed by atoms with van der Waals surface area (Å²) in [6, 6.07) is 12.8. The average Bonchev–Trinajstić information content (AvgIpc) is 2.91. The molecule has 0 saturated heterocycles. The van der Waals surface area contributed by atoms with E-state index in [4.69, 9.17) is 5.84 Å². The Bertz CT molecular complexity index is 772. The predicted octanol–water partition coefficient (Wildman–Crippen LogP) is 4.55. The lowest BCUT2D eigenvalue weighted by molar-refractivity contribution is 0.557. The van der Waals surface area contributed by atoms with Crippen molar-refractivity contribution in [2.45, 2.75) is 12.5 Å². The van der Waals surface area contributed by atoms with E-state index < -0.39 is 0 Å². The molecule has 0 aliphatic heterocycles. The molecule has 2 aromatic carbocycles. The van der Waals surface area contributed by atoms with E-state index in [2.05, 4.69) is 27.4 Å². The number of benzene rings is 2. The van der Waals surface area contributed by atoms with Crippen molar-refractivity contribution < 1.29 is 4.39 Å². The maximum absolute atomic E-state index is 13.9. The predicted molar refractivity (Wildman–Crippen MR) is 89.7 cm³/mol. The van der Waals surface area contributed by atoms with Crippen molar-refractivity contribution in [3.63, 3.8) is 0 Å². The van der Waals surface area contributed by atoms with Gasteiger partial charge in [0.15, 0.2) is 0 Å². The van der Waals surface area contributed by atoms with Gasteiger partial charge in [-0.3, -0.25) is 11.3 Å². The Morgan fingerprint density at radius 1 is 1.19 bits per heavy atom. The van der Waals surface area contributed by atoms with Crippen LogP contribution < -0.4 is 11.3 Å². The molecule has 5 heteroatoms. The molecular formula is C16H14BrFN2S. The minimum Gasteiger partial charge on any atom is -0.271 e. The van der Waals surface area contributed by atoms with E-state index in [-0.39, 0.29) is 11.9 Å². The van der Waals surface area contributed by atoms with Crippen molar-refractivity contribution in [3.05, 3.63) is 68.6 Å². The molecule has 3 aromatic rings. The van der Waals surface area contributed by atoms with Crippen molar-refractivity contribution in [3.8, 4) is 0 Å². The number of nitrogens with two attached hydrogens (primary N) is 1. The maximum Gasteiger partial charge on any atom is 0.131 e. The van der Waals surface area contributed by atoms with Crippen LogP contribution in [0.5, 0.6) is 0 Å². The van der Waals surface area contributed by atoms with Gasteiger partial charge in [-0.05, 0) is 39.0 Å². The summed E-state index contributed by atoms with van der Waals surface area (Å²) in [5.41, 5.74) is 3.87. The van der Waals surface area contributed by atoms with E-state index in [1.807, 2.05) is 29.6 Å². The fraction of sp³-hybridized carbons (Fsp3) is 0.125. The molecule has 108 valence electrons. The van der Waals surface area contributed by atoms with Gasteiger partial charge in [0.2, 0.25) is 0 Å². The first-order chi connectivity index (χ1) is 10.2. The first-order valence-corrected chi connectivity index (χ1v) is 8.22. The molecule has 0 spiro atoms. The van der Waals surface area contributed by atoms with Gasteiger partial charge in [-0.15, -0.1) is 11.3 Å². The molecule has 3 N–H and O–H groups in total. The van der Waals surface area contributed by atoms with E-state index in [0.29, 0.717) is 5.39 Å². The monoisotopic (exact) mass is 364 g/mol. The van der Waals surface area contributed by atoms with Crippen LogP contribution in [0.2, 0.25) is 0 Å². The third kappa shape index (κ3) is 3.01. The lowest BCUT2D eigenvalue weighted by Crippen LogP contribution is -2.29. The van der Waals surface area contributed by atoms with Crippen LogP contribution in [-0.2, 0) is 6.42 Å². The Balaban J connectivity index is 2.03. The SMILES string of the molecule is NNC(Cc1cc(Br)cs1)c1ccc(F)c2ccccc12. The maximum atomic E-state index is 13.9. The highest BCUT2D eigenvalue weighted by Crippen LogP contribution is 2.30. The standard InChI is InChI=1S/C16H14BrFN2S/c17-10-7-11(21-9-10)8-16(20-19)14-5-6-15(18)13-4-2-1-3-12(13)14/h1-7,9,16,20H,8,19H2. The van der Waals surface area contributed by atoms with Gasteiger partial charge < -0.3 is 0 Å². The molecule has 0 saturated carbocycles. The molecule has 1 unspecified atom stereocenters. The second kappa shape index (κ2) is 6.23. The summed E-state index contributed by atoms with van der Waals surface area (Å²) in [6.45, 7) is 0. The Kier molecular flexibility index (Phi) is 4.35. The van der Waals surface area contributed by atoms with E-state index in [1.54, 1.807) is 17.4 Å².